The van der Waals surface area contributed by atoms with E-state index in [9.17, 15) is 4.79 Å². The van der Waals surface area contributed by atoms with Crippen LogP contribution in [-0.4, -0.2) is 44.2 Å². The van der Waals surface area contributed by atoms with E-state index in [4.69, 9.17) is 17.0 Å². The van der Waals surface area contributed by atoms with Gasteiger partial charge in [0.25, 0.3) is 0 Å². The van der Waals surface area contributed by atoms with Crippen LogP contribution >= 0.6 is 12.2 Å². The standard InChI is InChI=1S/C21H21N5O2S/c1-28-18(27)10-14-26-20(19(24-21(26)29)15-7-2-4-11-22-15)16-8-6-13-25(16)17-9-3-5-12-23-17/h2-9,11-13,19-20H,10,14H2,1H3,(H,24,29)/t19-,20-/m1/s1. The fourth-order valence-corrected chi connectivity index (χ4v) is 3.95. The molecule has 3 aromatic heterocycles. The number of thiocarbonyl (C=S) groups is 1. The van der Waals surface area contributed by atoms with Gasteiger partial charge >= 0.3 is 5.97 Å². The highest BCUT2D eigenvalue weighted by Gasteiger charge is 2.41. The van der Waals surface area contributed by atoms with Crippen molar-refractivity contribution in [2.45, 2.75) is 18.5 Å². The van der Waals surface area contributed by atoms with Crippen LogP contribution in [0.25, 0.3) is 5.82 Å². The Hall–Kier alpha value is -3.26. The lowest BCUT2D eigenvalue weighted by Crippen LogP contribution is -2.32. The first-order valence-electron chi connectivity index (χ1n) is 9.32. The van der Waals surface area contributed by atoms with Gasteiger partial charge < -0.3 is 19.5 Å². The molecule has 8 heteroatoms. The molecule has 29 heavy (non-hydrogen) atoms. The first kappa shape index (κ1) is 19.1. The third-order valence-corrected chi connectivity index (χ3v) is 5.31. The van der Waals surface area contributed by atoms with Gasteiger partial charge in [-0.2, -0.15) is 0 Å². The molecule has 0 aromatic carbocycles. The van der Waals surface area contributed by atoms with Gasteiger partial charge in [-0.1, -0.05) is 12.1 Å². The van der Waals surface area contributed by atoms with E-state index in [1.165, 1.54) is 7.11 Å². The second-order valence-electron chi connectivity index (χ2n) is 6.64. The molecule has 0 spiro atoms. The Morgan fingerprint density at radius 3 is 2.62 bits per heavy atom. The number of nitrogens with one attached hydrogen (secondary N) is 1. The maximum Gasteiger partial charge on any atom is 0.307 e. The van der Waals surface area contributed by atoms with Gasteiger partial charge in [0.15, 0.2) is 5.11 Å². The van der Waals surface area contributed by atoms with Gasteiger partial charge in [-0.25, -0.2) is 4.98 Å². The van der Waals surface area contributed by atoms with Crippen molar-refractivity contribution in [2.24, 2.45) is 0 Å². The average Bonchev–Trinajstić information content (AvgIpc) is 3.37. The second kappa shape index (κ2) is 8.40. The molecule has 2 atom stereocenters. The zero-order valence-electron chi connectivity index (χ0n) is 15.9. The number of aromatic nitrogens is 3. The molecule has 1 fully saturated rings. The van der Waals surface area contributed by atoms with Crippen LogP contribution in [0.4, 0.5) is 0 Å². The third kappa shape index (κ3) is 3.84. The van der Waals surface area contributed by atoms with Crippen LogP contribution in [0.1, 0.15) is 29.9 Å². The molecule has 1 aliphatic rings. The fraction of sp³-hybridized carbons (Fsp3) is 0.238. The van der Waals surface area contributed by atoms with E-state index >= 15 is 0 Å². The minimum Gasteiger partial charge on any atom is -0.469 e. The summed E-state index contributed by atoms with van der Waals surface area (Å²) in [6, 6.07) is 15.3. The van der Waals surface area contributed by atoms with Gasteiger partial charge in [-0.15, -0.1) is 0 Å². The minimum atomic E-state index is -0.270. The molecule has 0 amide bonds. The number of hydrogen-bond acceptors (Lipinski definition) is 5. The van der Waals surface area contributed by atoms with Crippen molar-refractivity contribution in [1.29, 1.82) is 0 Å². The first-order chi connectivity index (χ1) is 14.2. The lowest BCUT2D eigenvalue weighted by Gasteiger charge is -2.28. The lowest BCUT2D eigenvalue weighted by atomic mass is 10.0. The zero-order valence-corrected chi connectivity index (χ0v) is 16.7. The Morgan fingerprint density at radius 1 is 1.14 bits per heavy atom. The molecule has 7 nitrogen and oxygen atoms in total. The van der Waals surface area contributed by atoms with Crippen LogP contribution < -0.4 is 5.32 Å². The number of pyridine rings is 2. The Kier molecular flexibility index (Phi) is 5.53. The number of hydrogen-bond donors (Lipinski definition) is 1. The highest BCUT2D eigenvalue weighted by Crippen LogP contribution is 2.39. The molecule has 0 unspecified atom stereocenters. The maximum absolute atomic E-state index is 11.8. The molecule has 3 aromatic rings. The predicted octanol–water partition coefficient (Wildman–Crippen LogP) is 2.80. The molecule has 0 saturated carbocycles. The van der Waals surface area contributed by atoms with Crippen LogP contribution in [0, 0.1) is 0 Å². The molecule has 148 valence electrons. The van der Waals surface area contributed by atoms with Crippen LogP contribution in [0.15, 0.2) is 67.1 Å². The molecule has 1 N–H and O–H groups in total. The molecule has 4 heterocycles. The van der Waals surface area contributed by atoms with Gasteiger partial charge in [0, 0.05) is 30.8 Å². The fourth-order valence-electron chi connectivity index (χ4n) is 3.62. The Bertz CT molecular complexity index is 993. The van der Waals surface area contributed by atoms with Crippen molar-refractivity contribution in [3.63, 3.8) is 0 Å². The van der Waals surface area contributed by atoms with E-state index in [0.717, 1.165) is 17.2 Å². The number of ether oxygens (including phenoxy) is 1. The number of rotatable bonds is 6. The molecule has 1 aliphatic heterocycles. The number of carbonyl (C=O) groups excluding carboxylic acids is 1. The molecule has 0 aliphatic carbocycles. The Balaban J connectivity index is 1.75. The summed E-state index contributed by atoms with van der Waals surface area (Å²) in [7, 11) is 1.39. The largest absolute Gasteiger partial charge is 0.469 e. The molecular formula is C21H21N5O2S. The third-order valence-electron chi connectivity index (χ3n) is 4.96. The van der Waals surface area contributed by atoms with E-state index < -0.39 is 0 Å². The Morgan fingerprint density at radius 2 is 1.93 bits per heavy atom. The quantitative estimate of drug-likeness (QED) is 0.498. The van der Waals surface area contributed by atoms with Gasteiger partial charge in [-0.05, 0) is 48.6 Å². The summed E-state index contributed by atoms with van der Waals surface area (Å²) in [5.74, 6) is 0.547. The molecular weight excluding hydrogens is 386 g/mol. The molecule has 0 radical (unpaired) electrons. The van der Waals surface area contributed by atoms with Gasteiger partial charge in [0.05, 0.1) is 31.3 Å². The van der Waals surface area contributed by atoms with E-state index in [-0.39, 0.29) is 24.5 Å². The van der Waals surface area contributed by atoms with Crippen LogP contribution in [0.5, 0.6) is 0 Å². The van der Waals surface area contributed by atoms with Crippen molar-refractivity contribution in [3.8, 4) is 5.82 Å². The molecule has 1 saturated heterocycles. The zero-order chi connectivity index (χ0) is 20.2. The second-order valence-corrected chi connectivity index (χ2v) is 7.02. The van der Waals surface area contributed by atoms with Crippen LogP contribution in [0.2, 0.25) is 0 Å². The van der Waals surface area contributed by atoms with Gasteiger partial charge in [-0.3, -0.25) is 9.78 Å². The van der Waals surface area contributed by atoms with Gasteiger partial charge in [0.1, 0.15) is 5.82 Å². The summed E-state index contributed by atoms with van der Waals surface area (Å²) < 4.78 is 6.86. The number of methoxy groups -OCH3 is 1. The van der Waals surface area contributed by atoms with E-state index in [0.29, 0.717) is 11.7 Å². The van der Waals surface area contributed by atoms with E-state index in [1.807, 2.05) is 58.1 Å². The van der Waals surface area contributed by atoms with Gasteiger partial charge in [0.2, 0.25) is 0 Å². The van der Waals surface area contributed by atoms with E-state index in [1.54, 1.807) is 12.4 Å². The summed E-state index contributed by atoms with van der Waals surface area (Å²) in [6.45, 7) is 0.444. The molecule has 4 rings (SSSR count). The smallest absolute Gasteiger partial charge is 0.307 e. The van der Waals surface area contributed by atoms with Crippen molar-refractivity contribution < 1.29 is 9.53 Å². The monoisotopic (exact) mass is 407 g/mol. The summed E-state index contributed by atoms with van der Waals surface area (Å²) in [5.41, 5.74) is 1.89. The lowest BCUT2D eigenvalue weighted by molar-refractivity contribution is -0.140. The summed E-state index contributed by atoms with van der Waals surface area (Å²) in [4.78, 5) is 22.8. The average molecular weight is 407 g/mol. The van der Waals surface area contributed by atoms with Crippen LogP contribution in [-0.2, 0) is 9.53 Å². The summed E-state index contributed by atoms with van der Waals surface area (Å²) >= 11 is 5.63. The Labute approximate surface area is 174 Å². The van der Waals surface area contributed by atoms with E-state index in [2.05, 4.69) is 21.4 Å². The van der Waals surface area contributed by atoms with Crippen LogP contribution in [0.3, 0.4) is 0 Å². The molecule has 0 bridgehead atoms. The number of carbonyl (C=O) groups is 1. The van der Waals surface area contributed by atoms with Crippen molar-refractivity contribution >= 4 is 23.3 Å². The first-order valence-corrected chi connectivity index (χ1v) is 9.73. The predicted molar refractivity (Wildman–Crippen MR) is 112 cm³/mol. The highest BCUT2D eigenvalue weighted by molar-refractivity contribution is 7.80. The number of nitrogens with zero attached hydrogens (tertiary/aromatic N) is 4. The SMILES string of the molecule is COC(=O)CCN1C(=S)N[C@H](c2ccccn2)[C@H]1c1cccn1-c1ccccn1. The maximum atomic E-state index is 11.8. The number of esters is 1. The van der Waals surface area contributed by atoms with Crippen molar-refractivity contribution in [3.05, 3.63) is 78.5 Å². The topological polar surface area (TPSA) is 72.3 Å². The minimum absolute atomic E-state index is 0.154. The van der Waals surface area contributed by atoms with Crippen molar-refractivity contribution in [2.75, 3.05) is 13.7 Å². The highest BCUT2D eigenvalue weighted by atomic mass is 32.1. The normalized spacial score (nSPS) is 18.5. The summed E-state index contributed by atoms with van der Waals surface area (Å²) in [5, 5.41) is 3.97. The van der Waals surface area contributed by atoms with Crippen molar-refractivity contribution in [1.82, 2.24) is 24.8 Å². The summed E-state index contributed by atoms with van der Waals surface area (Å²) in [6.07, 6.45) is 5.76.